The highest BCUT2D eigenvalue weighted by atomic mass is 35.5. The molecule has 104 valence electrons. The summed E-state index contributed by atoms with van der Waals surface area (Å²) in [4.78, 5) is 30.5. The number of thiazole rings is 1. The van der Waals surface area contributed by atoms with Gasteiger partial charge in [0.15, 0.2) is 5.78 Å². The lowest BCUT2D eigenvalue weighted by Crippen LogP contribution is -2.31. The molecule has 0 spiro atoms. The maximum Gasteiger partial charge on any atom is 0.228 e. The van der Waals surface area contributed by atoms with Gasteiger partial charge in [0.05, 0.1) is 10.7 Å². The number of allylic oxidation sites excluding steroid dienone is 2. The Kier molecular flexibility index (Phi) is 5.22. The lowest BCUT2D eigenvalue weighted by Gasteiger charge is -2.15. The van der Waals surface area contributed by atoms with Gasteiger partial charge in [0.2, 0.25) is 5.78 Å². The second-order valence-electron chi connectivity index (χ2n) is 4.39. The Labute approximate surface area is 122 Å². The van der Waals surface area contributed by atoms with Gasteiger partial charge in [-0.2, -0.15) is 0 Å². The predicted octanol–water partition coefficient (Wildman–Crippen LogP) is 1.29. The monoisotopic (exact) mass is 301 g/mol. The van der Waals surface area contributed by atoms with E-state index in [0.717, 1.165) is 11.6 Å². The Morgan fingerprint density at radius 3 is 2.68 bits per heavy atom. The van der Waals surface area contributed by atoms with Crippen LogP contribution in [0, 0.1) is 6.92 Å². The third-order valence-corrected chi connectivity index (χ3v) is 3.55. The molecule has 1 N–H and O–H groups in total. The van der Waals surface area contributed by atoms with E-state index in [4.69, 9.17) is 0 Å². The number of rotatable bonds is 4. The molecule has 19 heavy (non-hydrogen) atoms. The molecule has 0 saturated carbocycles. The largest absolute Gasteiger partial charge is 0.380 e. The van der Waals surface area contributed by atoms with Crippen LogP contribution in [-0.4, -0.2) is 48.6 Å². The molecule has 0 atom stereocenters. The van der Waals surface area contributed by atoms with Crippen molar-refractivity contribution in [2.75, 3.05) is 27.2 Å². The van der Waals surface area contributed by atoms with Crippen LogP contribution < -0.4 is 5.32 Å². The minimum atomic E-state index is -0.187. The van der Waals surface area contributed by atoms with E-state index in [1.807, 2.05) is 19.0 Å². The number of hydrogen-bond donors (Lipinski definition) is 1. The van der Waals surface area contributed by atoms with Crippen molar-refractivity contribution in [3.63, 3.8) is 0 Å². The number of aryl methyl sites for hydroxylation is 1. The van der Waals surface area contributed by atoms with Gasteiger partial charge in [-0.05, 0) is 21.0 Å². The van der Waals surface area contributed by atoms with E-state index in [1.165, 1.54) is 17.4 Å². The normalized spacial score (nSPS) is 14.0. The predicted molar refractivity (Wildman–Crippen MR) is 77.4 cm³/mol. The van der Waals surface area contributed by atoms with Gasteiger partial charge >= 0.3 is 0 Å². The molecule has 0 bridgehead atoms. The molecule has 1 aromatic heterocycles. The smallest absolute Gasteiger partial charge is 0.228 e. The van der Waals surface area contributed by atoms with Crippen molar-refractivity contribution >= 4 is 35.3 Å². The van der Waals surface area contributed by atoms with Crippen molar-refractivity contribution in [1.29, 1.82) is 0 Å². The lowest BCUT2D eigenvalue weighted by atomic mass is 10.0. The summed E-state index contributed by atoms with van der Waals surface area (Å²) in [6.07, 6.45) is 1.37. The molecule has 2 rings (SSSR count). The van der Waals surface area contributed by atoms with Crippen LogP contribution in [-0.2, 0) is 0 Å². The Hall–Kier alpha value is -1.24. The minimum absolute atomic E-state index is 0. The quantitative estimate of drug-likeness (QED) is 0.908. The van der Waals surface area contributed by atoms with Crippen LogP contribution in [0.15, 0.2) is 11.8 Å². The summed E-state index contributed by atoms with van der Waals surface area (Å²) in [6, 6.07) is 0. The molecule has 0 aliphatic heterocycles. The number of ketones is 2. The van der Waals surface area contributed by atoms with Gasteiger partial charge in [-0.25, -0.2) is 4.98 Å². The van der Waals surface area contributed by atoms with E-state index in [9.17, 15) is 9.59 Å². The molecule has 1 aliphatic carbocycles. The molecule has 0 radical (unpaired) electrons. The lowest BCUT2D eigenvalue weighted by molar-refractivity contribution is 0.0977. The maximum absolute atomic E-state index is 12.1. The standard InChI is InChI=1S/C12H15N3O2S.ClH/c1-7-14-10-11(17)8(13-4-5-15(2)3)6-9(16)12(10)18-7;/h6,13H,4-5H2,1-3H3;1H. The van der Waals surface area contributed by atoms with E-state index in [1.54, 1.807) is 6.92 Å². The van der Waals surface area contributed by atoms with Crippen molar-refractivity contribution in [3.05, 3.63) is 27.4 Å². The number of hydrogen-bond acceptors (Lipinski definition) is 6. The van der Waals surface area contributed by atoms with E-state index in [-0.39, 0.29) is 29.7 Å². The molecule has 7 heteroatoms. The third-order valence-electron chi connectivity index (χ3n) is 2.57. The Balaban J connectivity index is 0.00000180. The Morgan fingerprint density at radius 2 is 2.05 bits per heavy atom. The van der Waals surface area contributed by atoms with Crippen molar-refractivity contribution < 1.29 is 9.59 Å². The second kappa shape index (κ2) is 6.27. The Morgan fingerprint density at radius 1 is 1.37 bits per heavy atom. The van der Waals surface area contributed by atoms with Gasteiger partial charge in [-0.1, -0.05) is 0 Å². The van der Waals surface area contributed by atoms with Gasteiger partial charge in [-0.3, -0.25) is 9.59 Å². The van der Waals surface area contributed by atoms with Crippen LogP contribution in [0.3, 0.4) is 0 Å². The second-order valence-corrected chi connectivity index (χ2v) is 5.60. The van der Waals surface area contributed by atoms with Gasteiger partial charge in [-0.15, -0.1) is 23.7 Å². The first-order valence-corrected chi connectivity index (χ1v) is 6.47. The number of likely N-dealkylation sites (N-methyl/N-ethyl adjacent to an activating group) is 1. The van der Waals surface area contributed by atoms with Crippen LogP contribution in [0.1, 0.15) is 25.2 Å². The number of nitrogens with one attached hydrogen (secondary N) is 1. The van der Waals surface area contributed by atoms with E-state index in [0.29, 0.717) is 17.1 Å². The molecule has 1 aliphatic rings. The number of fused-ring (bicyclic) bond motifs is 1. The molecular weight excluding hydrogens is 286 g/mol. The average Bonchev–Trinajstić information content (AvgIpc) is 2.67. The molecule has 0 unspecified atom stereocenters. The summed E-state index contributed by atoms with van der Waals surface area (Å²) in [5, 5.41) is 3.74. The molecule has 1 heterocycles. The highest BCUT2D eigenvalue weighted by Crippen LogP contribution is 2.25. The first kappa shape index (κ1) is 15.8. The zero-order chi connectivity index (χ0) is 13.3. The highest BCUT2D eigenvalue weighted by molar-refractivity contribution is 7.14. The summed E-state index contributed by atoms with van der Waals surface area (Å²) in [6.45, 7) is 3.21. The molecule has 0 aromatic carbocycles. The number of nitrogens with zero attached hydrogens (tertiary/aromatic N) is 2. The molecular formula is C12H16ClN3O2S. The number of carbonyl (C=O) groups is 2. The van der Waals surface area contributed by atoms with E-state index in [2.05, 4.69) is 10.3 Å². The Bertz CT molecular complexity index is 537. The SMILES string of the molecule is Cc1nc2c(s1)C(=O)C=C(NCCN(C)C)C2=O.Cl. The molecule has 0 fully saturated rings. The summed E-state index contributed by atoms with van der Waals surface area (Å²) in [7, 11) is 3.90. The van der Waals surface area contributed by atoms with Gasteiger partial charge in [0.25, 0.3) is 0 Å². The summed E-state index contributed by atoms with van der Waals surface area (Å²) >= 11 is 1.27. The summed E-state index contributed by atoms with van der Waals surface area (Å²) < 4.78 is 0. The third kappa shape index (κ3) is 3.40. The van der Waals surface area contributed by atoms with Gasteiger partial charge in [0.1, 0.15) is 10.6 Å². The zero-order valence-electron chi connectivity index (χ0n) is 11.0. The fraction of sp³-hybridized carbons (Fsp3) is 0.417. The fourth-order valence-corrected chi connectivity index (χ4v) is 2.51. The number of halogens is 1. The average molecular weight is 302 g/mol. The van der Waals surface area contributed by atoms with Gasteiger partial charge < -0.3 is 10.2 Å². The molecule has 5 nitrogen and oxygen atoms in total. The van der Waals surface area contributed by atoms with Crippen LogP contribution in [0.4, 0.5) is 0 Å². The zero-order valence-corrected chi connectivity index (χ0v) is 12.7. The molecule has 0 saturated heterocycles. The highest BCUT2D eigenvalue weighted by Gasteiger charge is 2.29. The minimum Gasteiger partial charge on any atom is -0.380 e. The molecule has 0 amide bonds. The maximum atomic E-state index is 12.1. The molecule has 1 aromatic rings. The topological polar surface area (TPSA) is 62.3 Å². The van der Waals surface area contributed by atoms with Crippen LogP contribution in [0.2, 0.25) is 0 Å². The van der Waals surface area contributed by atoms with Crippen molar-refractivity contribution in [3.8, 4) is 0 Å². The van der Waals surface area contributed by atoms with E-state index < -0.39 is 0 Å². The fourth-order valence-electron chi connectivity index (χ4n) is 1.68. The van der Waals surface area contributed by atoms with Crippen LogP contribution >= 0.6 is 23.7 Å². The number of aromatic nitrogens is 1. The number of Topliss-reactive ketones (excluding diaryl/α,β-unsaturated/α-hetero) is 1. The first-order valence-electron chi connectivity index (χ1n) is 5.66. The summed E-state index contributed by atoms with van der Waals surface area (Å²) in [5.41, 5.74) is 0.636. The van der Waals surface area contributed by atoms with Crippen molar-refractivity contribution in [2.24, 2.45) is 0 Å². The van der Waals surface area contributed by atoms with Crippen LogP contribution in [0.25, 0.3) is 0 Å². The van der Waals surface area contributed by atoms with Crippen LogP contribution in [0.5, 0.6) is 0 Å². The van der Waals surface area contributed by atoms with Gasteiger partial charge in [0, 0.05) is 19.2 Å². The van der Waals surface area contributed by atoms with Crippen molar-refractivity contribution in [2.45, 2.75) is 6.92 Å². The first-order chi connectivity index (χ1) is 8.49. The summed E-state index contributed by atoms with van der Waals surface area (Å²) in [5.74, 6) is -0.324. The van der Waals surface area contributed by atoms with E-state index >= 15 is 0 Å². The van der Waals surface area contributed by atoms with Crippen molar-refractivity contribution in [1.82, 2.24) is 15.2 Å². The number of carbonyl (C=O) groups excluding carboxylic acids is 2.